The molecule has 0 aromatic carbocycles. The molecule has 3 heterocycles. The number of hydrogen-bond acceptors (Lipinski definition) is 3. The van der Waals surface area contributed by atoms with E-state index in [9.17, 15) is 4.79 Å². The van der Waals surface area contributed by atoms with Gasteiger partial charge in [-0.2, -0.15) is 5.10 Å². The second-order valence-electron chi connectivity index (χ2n) is 5.37. The minimum absolute atomic E-state index is 0.415. The van der Waals surface area contributed by atoms with E-state index in [-0.39, 0.29) is 0 Å². The van der Waals surface area contributed by atoms with Crippen LogP contribution in [0.15, 0.2) is 6.20 Å². The second kappa shape index (κ2) is 3.86. The first-order valence-electron chi connectivity index (χ1n) is 6.45. The van der Waals surface area contributed by atoms with Gasteiger partial charge in [0, 0.05) is 38.2 Å². The van der Waals surface area contributed by atoms with Crippen molar-refractivity contribution < 1.29 is 4.79 Å². The van der Waals surface area contributed by atoms with Crippen LogP contribution in [-0.2, 0) is 11.8 Å². The van der Waals surface area contributed by atoms with Crippen molar-refractivity contribution in [2.75, 3.05) is 4.90 Å². The highest BCUT2D eigenvalue weighted by atomic mass is 16.1. The number of carbonyl (C=O) groups is 1. The molecule has 2 fully saturated rings. The number of carbonyl (C=O) groups excluding carboxylic acids is 1. The molecule has 1 aromatic rings. The molecule has 0 amide bonds. The van der Waals surface area contributed by atoms with Crippen molar-refractivity contribution in [3.05, 3.63) is 11.9 Å². The highest BCUT2D eigenvalue weighted by molar-refractivity contribution is 5.82. The van der Waals surface area contributed by atoms with E-state index in [0.29, 0.717) is 17.9 Å². The Kier molecular flexibility index (Phi) is 2.45. The summed E-state index contributed by atoms with van der Waals surface area (Å²) in [4.78, 5) is 14.2. The first-order valence-corrected chi connectivity index (χ1v) is 6.45. The maximum atomic E-state index is 11.7. The van der Waals surface area contributed by atoms with Crippen molar-refractivity contribution >= 4 is 11.5 Å². The summed E-state index contributed by atoms with van der Waals surface area (Å²) < 4.78 is 1.87. The van der Waals surface area contributed by atoms with Crippen LogP contribution in [0, 0.1) is 6.92 Å². The van der Waals surface area contributed by atoms with Crippen LogP contribution >= 0.6 is 0 Å². The summed E-state index contributed by atoms with van der Waals surface area (Å²) in [5.41, 5.74) is 2.31. The number of fused-ring (bicyclic) bond motifs is 2. The van der Waals surface area contributed by atoms with Crippen LogP contribution in [0.1, 0.15) is 37.8 Å². The maximum absolute atomic E-state index is 11.7. The molecular formula is C13H19N3O. The number of hydrogen-bond donors (Lipinski definition) is 0. The van der Waals surface area contributed by atoms with Gasteiger partial charge in [-0.15, -0.1) is 0 Å². The molecule has 0 saturated carbocycles. The Morgan fingerprint density at radius 1 is 1.29 bits per heavy atom. The lowest BCUT2D eigenvalue weighted by Crippen LogP contribution is -2.52. The zero-order chi connectivity index (χ0) is 12.0. The molecular weight excluding hydrogens is 214 g/mol. The van der Waals surface area contributed by atoms with Gasteiger partial charge in [0.2, 0.25) is 0 Å². The second-order valence-corrected chi connectivity index (χ2v) is 5.37. The molecule has 2 bridgehead atoms. The number of anilines is 1. The quantitative estimate of drug-likeness (QED) is 0.742. The topological polar surface area (TPSA) is 38.1 Å². The van der Waals surface area contributed by atoms with Crippen LogP contribution < -0.4 is 4.90 Å². The minimum Gasteiger partial charge on any atom is -0.362 e. The first kappa shape index (κ1) is 10.8. The normalized spacial score (nSPS) is 28.6. The Morgan fingerprint density at radius 3 is 2.47 bits per heavy atom. The monoisotopic (exact) mass is 233 g/mol. The summed E-state index contributed by atoms with van der Waals surface area (Å²) in [6.45, 7) is 2.06. The van der Waals surface area contributed by atoms with Crippen molar-refractivity contribution in [3.8, 4) is 0 Å². The number of aromatic nitrogens is 2. The van der Waals surface area contributed by atoms with Gasteiger partial charge in [-0.05, 0) is 26.2 Å². The lowest BCUT2D eigenvalue weighted by Gasteiger charge is -2.46. The van der Waals surface area contributed by atoms with Gasteiger partial charge in [-0.25, -0.2) is 0 Å². The number of Topliss-reactive ketones (excluding diaryl/α,β-unsaturated/α-hetero) is 1. The average Bonchev–Trinajstić information content (AvgIpc) is 2.56. The van der Waals surface area contributed by atoms with E-state index < -0.39 is 0 Å². The number of piperidine rings is 2. The highest BCUT2D eigenvalue weighted by Gasteiger charge is 2.38. The smallest absolute Gasteiger partial charge is 0.137 e. The van der Waals surface area contributed by atoms with Crippen LogP contribution in [0.3, 0.4) is 0 Å². The van der Waals surface area contributed by atoms with Crippen molar-refractivity contribution in [3.63, 3.8) is 0 Å². The summed E-state index contributed by atoms with van der Waals surface area (Å²) in [5, 5.41) is 4.42. The van der Waals surface area contributed by atoms with Gasteiger partial charge >= 0.3 is 0 Å². The van der Waals surface area contributed by atoms with Gasteiger partial charge in [0.25, 0.3) is 0 Å². The van der Waals surface area contributed by atoms with E-state index in [4.69, 9.17) is 0 Å². The van der Waals surface area contributed by atoms with Crippen LogP contribution in [0.2, 0.25) is 0 Å². The largest absolute Gasteiger partial charge is 0.362 e. The Balaban J connectivity index is 1.96. The fourth-order valence-electron chi connectivity index (χ4n) is 3.41. The summed E-state index contributed by atoms with van der Waals surface area (Å²) in [6.07, 6.45) is 7.11. The van der Waals surface area contributed by atoms with Crippen molar-refractivity contribution in [2.24, 2.45) is 7.05 Å². The molecule has 2 atom stereocenters. The molecule has 1 aromatic heterocycles. The van der Waals surface area contributed by atoms with E-state index in [1.165, 1.54) is 12.1 Å². The third-order valence-electron chi connectivity index (χ3n) is 4.05. The van der Waals surface area contributed by atoms with Gasteiger partial charge in [-0.3, -0.25) is 9.48 Å². The molecule has 0 radical (unpaired) electrons. The summed E-state index contributed by atoms with van der Waals surface area (Å²) in [6, 6.07) is 0.829. The van der Waals surface area contributed by atoms with Crippen molar-refractivity contribution in [1.29, 1.82) is 0 Å². The van der Waals surface area contributed by atoms with E-state index >= 15 is 0 Å². The Labute approximate surface area is 102 Å². The van der Waals surface area contributed by atoms with E-state index in [1.807, 2.05) is 11.7 Å². The zero-order valence-corrected chi connectivity index (χ0v) is 10.5. The van der Waals surface area contributed by atoms with Gasteiger partial charge in [0.05, 0.1) is 11.4 Å². The lowest BCUT2D eigenvalue weighted by molar-refractivity contribution is -0.121. The number of nitrogens with zero attached hydrogens (tertiary/aromatic N) is 3. The van der Waals surface area contributed by atoms with Crippen LogP contribution in [-0.4, -0.2) is 27.6 Å². The molecule has 2 unspecified atom stereocenters. The highest BCUT2D eigenvalue weighted by Crippen LogP contribution is 2.37. The molecule has 2 aliphatic heterocycles. The van der Waals surface area contributed by atoms with E-state index in [0.717, 1.165) is 31.4 Å². The zero-order valence-electron chi connectivity index (χ0n) is 10.5. The molecule has 17 heavy (non-hydrogen) atoms. The minimum atomic E-state index is 0.415. The molecule has 0 spiro atoms. The molecule has 0 N–H and O–H groups in total. The number of ketones is 1. The van der Waals surface area contributed by atoms with E-state index in [1.54, 1.807) is 0 Å². The Morgan fingerprint density at radius 2 is 1.94 bits per heavy atom. The Hall–Kier alpha value is -1.32. The molecule has 4 nitrogen and oxygen atoms in total. The van der Waals surface area contributed by atoms with Crippen LogP contribution in [0.5, 0.6) is 0 Å². The Bertz CT molecular complexity index is 436. The fraction of sp³-hybridized carbons (Fsp3) is 0.692. The maximum Gasteiger partial charge on any atom is 0.137 e. The van der Waals surface area contributed by atoms with Crippen LogP contribution in [0.25, 0.3) is 0 Å². The molecule has 2 aliphatic rings. The third-order valence-corrected chi connectivity index (χ3v) is 4.05. The number of aryl methyl sites for hydroxylation is 2. The van der Waals surface area contributed by atoms with E-state index in [2.05, 4.69) is 23.1 Å². The molecule has 92 valence electrons. The SMILES string of the molecule is Cc1nn(C)cc1N1C2CCCC1CC(=O)C2. The molecule has 0 aliphatic carbocycles. The van der Waals surface area contributed by atoms with Gasteiger partial charge < -0.3 is 4.90 Å². The van der Waals surface area contributed by atoms with Gasteiger partial charge in [0.1, 0.15) is 5.78 Å². The van der Waals surface area contributed by atoms with Gasteiger partial charge in [0.15, 0.2) is 0 Å². The molecule has 2 saturated heterocycles. The molecule has 3 rings (SSSR count). The van der Waals surface area contributed by atoms with Crippen LogP contribution in [0.4, 0.5) is 5.69 Å². The van der Waals surface area contributed by atoms with Crippen molar-refractivity contribution in [2.45, 2.75) is 51.1 Å². The van der Waals surface area contributed by atoms with Crippen molar-refractivity contribution in [1.82, 2.24) is 9.78 Å². The standard InChI is InChI=1S/C13H19N3O/c1-9-13(8-15(2)14-9)16-10-4-3-5-11(16)7-12(17)6-10/h8,10-11H,3-7H2,1-2H3. The summed E-state index contributed by atoms with van der Waals surface area (Å²) in [7, 11) is 1.96. The molecule has 4 heteroatoms. The predicted molar refractivity (Wildman–Crippen MR) is 66.1 cm³/mol. The summed E-state index contributed by atoms with van der Waals surface area (Å²) >= 11 is 0. The average molecular weight is 233 g/mol. The first-order chi connectivity index (χ1) is 8.15. The lowest BCUT2D eigenvalue weighted by atomic mass is 9.83. The fourth-order valence-corrected chi connectivity index (χ4v) is 3.41. The number of rotatable bonds is 1. The summed E-state index contributed by atoms with van der Waals surface area (Å²) in [5.74, 6) is 0.442. The van der Waals surface area contributed by atoms with Gasteiger partial charge in [-0.1, -0.05) is 0 Å². The third kappa shape index (κ3) is 1.75. The predicted octanol–water partition coefficient (Wildman–Crippen LogP) is 1.82.